The summed E-state index contributed by atoms with van der Waals surface area (Å²) in [7, 11) is 0. The minimum Gasteiger partial charge on any atom is -0.355 e. The Morgan fingerprint density at radius 1 is 1.00 bits per heavy atom. The Morgan fingerprint density at radius 2 is 1.65 bits per heavy atom. The fraction of sp³-hybridized carbons (Fsp3) is 0.438. The van der Waals surface area contributed by atoms with Crippen LogP contribution in [0.2, 0.25) is 0 Å². The molecule has 2 rings (SSSR count). The van der Waals surface area contributed by atoms with Crippen molar-refractivity contribution < 1.29 is 9.59 Å². The van der Waals surface area contributed by atoms with Gasteiger partial charge in [0, 0.05) is 26.1 Å². The van der Waals surface area contributed by atoms with E-state index in [1.54, 1.807) is 9.13 Å². The summed E-state index contributed by atoms with van der Waals surface area (Å²) >= 11 is 0. The second-order valence-electron chi connectivity index (χ2n) is 5.15. The van der Waals surface area contributed by atoms with Crippen molar-refractivity contribution in [1.29, 1.82) is 0 Å². The predicted molar refractivity (Wildman–Crippen MR) is 88.2 cm³/mol. The molecule has 0 aliphatic heterocycles. The lowest BCUT2D eigenvalue weighted by atomic mass is 10.3. The lowest BCUT2D eigenvalue weighted by Crippen LogP contribution is -2.37. The SMILES string of the molecule is CCNC(=O)CNC(=O)CCn1c(=O)n(CC)c2ccccc21. The van der Waals surface area contributed by atoms with Crippen molar-refractivity contribution in [1.82, 2.24) is 19.8 Å². The maximum Gasteiger partial charge on any atom is 0.329 e. The quantitative estimate of drug-likeness (QED) is 0.778. The van der Waals surface area contributed by atoms with Crippen LogP contribution in [-0.4, -0.2) is 34.0 Å². The van der Waals surface area contributed by atoms with E-state index in [1.807, 2.05) is 38.1 Å². The molecular weight excluding hydrogens is 296 g/mol. The van der Waals surface area contributed by atoms with Crippen molar-refractivity contribution in [3.05, 3.63) is 34.7 Å². The zero-order chi connectivity index (χ0) is 16.8. The molecule has 0 unspecified atom stereocenters. The first-order valence-electron chi connectivity index (χ1n) is 7.80. The number of carbonyl (C=O) groups excluding carboxylic acids is 2. The van der Waals surface area contributed by atoms with E-state index in [9.17, 15) is 14.4 Å². The number of aryl methyl sites for hydroxylation is 2. The number of fused-ring (bicyclic) bond motifs is 1. The summed E-state index contributed by atoms with van der Waals surface area (Å²) in [5, 5.41) is 5.16. The fourth-order valence-electron chi connectivity index (χ4n) is 2.53. The lowest BCUT2D eigenvalue weighted by molar-refractivity contribution is -0.126. The van der Waals surface area contributed by atoms with E-state index in [0.29, 0.717) is 13.1 Å². The highest BCUT2D eigenvalue weighted by molar-refractivity contribution is 5.84. The second kappa shape index (κ2) is 7.62. The molecule has 0 radical (unpaired) electrons. The number of benzene rings is 1. The summed E-state index contributed by atoms with van der Waals surface area (Å²) in [6.45, 7) is 5.08. The Bertz CT molecular complexity index is 760. The molecule has 0 aliphatic rings. The molecule has 2 aromatic rings. The standard InChI is InChI=1S/C16H22N4O3/c1-3-17-15(22)11-18-14(21)9-10-20-13-8-6-5-7-12(13)19(4-2)16(20)23/h5-8H,3-4,9-11H2,1-2H3,(H,17,22)(H,18,21). The number of nitrogens with zero attached hydrogens (tertiary/aromatic N) is 2. The molecule has 23 heavy (non-hydrogen) atoms. The number of hydrogen-bond acceptors (Lipinski definition) is 3. The van der Waals surface area contributed by atoms with Gasteiger partial charge in [0.2, 0.25) is 11.8 Å². The van der Waals surface area contributed by atoms with Gasteiger partial charge in [-0.1, -0.05) is 12.1 Å². The summed E-state index contributed by atoms with van der Waals surface area (Å²) in [6, 6.07) is 7.52. The van der Waals surface area contributed by atoms with Crippen molar-refractivity contribution in [2.75, 3.05) is 13.1 Å². The molecule has 2 amide bonds. The lowest BCUT2D eigenvalue weighted by Gasteiger charge is -2.06. The minimum absolute atomic E-state index is 0.0434. The summed E-state index contributed by atoms with van der Waals surface area (Å²) in [6.07, 6.45) is 0.150. The number of imidazole rings is 1. The van der Waals surface area contributed by atoms with Crippen LogP contribution in [0.25, 0.3) is 11.0 Å². The van der Waals surface area contributed by atoms with Gasteiger partial charge in [0.25, 0.3) is 0 Å². The molecule has 0 saturated carbocycles. The van der Waals surface area contributed by atoms with E-state index in [2.05, 4.69) is 10.6 Å². The van der Waals surface area contributed by atoms with E-state index in [-0.39, 0.29) is 37.0 Å². The van der Waals surface area contributed by atoms with E-state index in [1.165, 1.54) is 0 Å². The van der Waals surface area contributed by atoms with Crippen LogP contribution in [0.1, 0.15) is 20.3 Å². The van der Waals surface area contributed by atoms with Crippen LogP contribution in [0.3, 0.4) is 0 Å². The van der Waals surface area contributed by atoms with Crippen LogP contribution in [-0.2, 0) is 22.7 Å². The smallest absolute Gasteiger partial charge is 0.329 e. The van der Waals surface area contributed by atoms with Crippen molar-refractivity contribution in [3.63, 3.8) is 0 Å². The largest absolute Gasteiger partial charge is 0.355 e. The third-order valence-electron chi connectivity index (χ3n) is 3.62. The maximum atomic E-state index is 12.4. The van der Waals surface area contributed by atoms with E-state index in [4.69, 9.17) is 0 Å². The zero-order valence-corrected chi connectivity index (χ0v) is 13.5. The molecule has 2 N–H and O–H groups in total. The van der Waals surface area contributed by atoms with Crippen LogP contribution in [0.4, 0.5) is 0 Å². The first-order valence-corrected chi connectivity index (χ1v) is 7.80. The van der Waals surface area contributed by atoms with Crippen molar-refractivity contribution in [3.8, 4) is 0 Å². The highest BCUT2D eigenvalue weighted by Gasteiger charge is 2.13. The maximum absolute atomic E-state index is 12.4. The van der Waals surface area contributed by atoms with Gasteiger partial charge in [0.15, 0.2) is 0 Å². The van der Waals surface area contributed by atoms with Gasteiger partial charge in [-0.05, 0) is 26.0 Å². The number of aromatic nitrogens is 2. The number of rotatable bonds is 7. The zero-order valence-electron chi connectivity index (χ0n) is 13.5. The Balaban J connectivity index is 2.05. The van der Waals surface area contributed by atoms with Gasteiger partial charge in [0.05, 0.1) is 17.6 Å². The van der Waals surface area contributed by atoms with Crippen molar-refractivity contribution in [2.24, 2.45) is 0 Å². The molecule has 1 heterocycles. The highest BCUT2D eigenvalue weighted by atomic mass is 16.2. The number of amides is 2. The third-order valence-corrected chi connectivity index (χ3v) is 3.62. The van der Waals surface area contributed by atoms with Gasteiger partial charge < -0.3 is 10.6 Å². The monoisotopic (exact) mass is 318 g/mol. The topological polar surface area (TPSA) is 85.1 Å². The number of hydrogen-bond donors (Lipinski definition) is 2. The molecule has 0 fully saturated rings. The van der Waals surface area contributed by atoms with Gasteiger partial charge in [-0.2, -0.15) is 0 Å². The van der Waals surface area contributed by atoms with E-state index >= 15 is 0 Å². The molecule has 1 aromatic heterocycles. The normalized spacial score (nSPS) is 10.7. The van der Waals surface area contributed by atoms with Crippen molar-refractivity contribution >= 4 is 22.8 Å². The Morgan fingerprint density at radius 3 is 2.26 bits per heavy atom. The molecule has 0 spiro atoms. The van der Waals surface area contributed by atoms with Gasteiger partial charge in [0.1, 0.15) is 0 Å². The molecular formula is C16H22N4O3. The van der Waals surface area contributed by atoms with Crippen LogP contribution >= 0.6 is 0 Å². The fourth-order valence-corrected chi connectivity index (χ4v) is 2.53. The molecule has 124 valence electrons. The third kappa shape index (κ3) is 3.80. The molecule has 7 nitrogen and oxygen atoms in total. The van der Waals surface area contributed by atoms with Crippen LogP contribution < -0.4 is 16.3 Å². The Hall–Kier alpha value is -2.57. The van der Waals surface area contributed by atoms with Crippen molar-refractivity contribution in [2.45, 2.75) is 33.4 Å². The average molecular weight is 318 g/mol. The number of likely N-dealkylation sites (N-methyl/N-ethyl adjacent to an activating group) is 1. The van der Waals surface area contributed by atoms with E-state index < -0.39 is 0 Å². The summed E-state index contributed by atoms with van der Waals surface area (Å²) in [5.41, 5.74) is 1.56. The summed E-state index contributed by atoms with van der Waals surface area (Å²) < 4.78 is 3.28. The van der Waals surface area contributed by atoms with Crippen LogP contribution in [0.15, 0.2) is 29.1 Å². The number of carbonyl (C=O) groups is 2. The molecule has 0 aliphatic carbocycles. The van der Waals surface area contributed by atoms with Gasteiger partial charge in [-0.15, -0.1) is 0 Å². The van der Waals surface area contributed by atoms with Crippen LogP contribution in [0.5, 0.6) is 0 Å². The van der Waals surface area contributed by atoms with E-state index in [0.717, 1.165) is 11.0 Å². The molecule has 0 atom stereocenters. The summed E-state index contributed by atoms with van der Waals surface area (Å²) in [5.74, 6) is -0.475. The number of para-hydroxylation sites is 2. The van der Waals surface area contributed by atoms with Gasteiger partial charge >= 0.3 is 5.69 Å². The first-order chi connectivity index (χ1) is 11.1. The first kappa shape index (κ1) is 16.8. The van der Waals surface area contributed by atoms with Gasteiger partial charge in [-0.25, -0.2) is 4.79 Å². The molecule has 7 heteroatoms. The highest BCUT2D eigenvalue weighted by Crippen LogP contribution is 2.12. The predicted octanol–water partition coefficient (Wildman–Crippen LogP) is 0.465. The molecule has 0 saturated heterocycles. The number of nitrogens with one attached hydrogen (secondary N) is 2. The Kier molecular flexibility index (Phi) is 5.56. The summed E-state index contributed by atoms with van der Waals surface area (Å²) in [4.78, 5) is 35.6. The van der Waals surface area contributed by atoms with Crippen LogP contribution in [0, 0.1) is 0 Å². The second-order valence-corrected chi connectivity index (χ2v) is 5.15. The molecule has 0 bridgehead atoms. The van der Waals surface area contributed by atoms with Gasteiger partial charge in [-0.3, -0.25) is 18.7 Å². The minimum atomic E-state index is -0.253. The Labute approximate surface area is 134 Å². The average Bonchev–Trinajstić information content (AvgIpc) is 2.82. The molecule has 1 aromatic carbocycles.